The Morgan fingerprint density at radius 2 is 1.95 bits per heavy atom. The maximum atomic E-state index is 6.19. The smallest absolute Gasteiger partial charge is 0.224 e. The fraction of sp³-hybridized carbons (Fsp3) is 0.312. The van der Waals surface area contributed by atoms with Gasteiger partial charge in [0.2, 0.25) is 5.88 Å². The van der Waals surface area contributed by atoms with Crippen LogP contribution in [-0.2, 0) is 6.54 Å². The summed E-state index contributed by atoms with van der Waals surface area (Å²) in [6, 6.07) is 7.77. The number of pyridine rings is 1. The number of nitrogens with one attached hydrogen (secondary N) is 1. The molecule has 0 radical (unpaired) electrons. The Kier molecular flexibility index (Phi) is 4.63. The summed E-state index contributed by atoms with van der Waals surface area (Å²) in [6.45, 7) is 6.73. The fourth-order valence-corrected chi connectivity index (χ4v) is 2.25. The molecule has 20 heavy (non-hydrogen) atoms. The monoisotopic (exact) mass is 290 g/mol. The van der Waals surface area contributed by atoms with E-state index in [0.29, 0.717) is 23.2 Å². The quantitative estimate of drug-likeness (QED) is 0.917. The maximum Gasteiger partial charge on any atom is 0.224 e. The van der Waals surface area contributed by atoms with Crippen molar-refractivity contribution < 1.29 is 4.74 Å². The van der Waals surface area contributed by atoms with Crippen LogP contribution in [0.4, 0.5) is 0 Å². The Balaban J connectivity index is 2.44. The summed E-state index contributed by atoms with van der Waals surface area (Å²) in [6.07, 6.45) is 0. The summed E-state index contributed by atoms with van der Waals surface area (Å²) in [5, 5.41) is 3.73. The van der Waals surface area contributed by atoms with Crippen LogP contribution in [0, 0.1) is 20.8 Å². The van der Waals surface area contributed by atoms with Crippen molar-refractivity contribution in [1.29, 1.82) is 0 Å². The van der Waals surface area contributed by atoms with Crippen molar-refractivity contribution in [3.63, 3.8) is 0 Å². The van der Waals surface area contributed by atoms with E-state index in [4.69, 9.17) is 16.3 Å². The molecular formula is C16H19ClN2O. The number of halogens is 1. The van der Waals surface area contributed by atoms with Gasteiger partial charge in [-0.1, -0.05) is 17.7 Å². The van der Waals surface area contributed by atoms with E-state index in [-0.39, 0.29) is 0 Å². The molecule has 0 saturated carbocycles. The van der Waals surface area contributed by atoms with Gasteiger partial charge in [-0.15, -0.1) is 0 Å². The summed E-state index contributed by atoms with van der Waals surface area (Å²) < 4.78 is 5.95. The summed E-state index contributed by atoms with van der Waals surface area (Å²) in [5.41, 5.74) is 4.24. The van der Waals surface area contributed by atoms with Gasteiger partial charge in [0.15, 0.2) is 0 Å². The van der Waals surface area contributed by atoms with Crippen molar-refractivity contribution >= 4 is 11.6 Å². The molecule has 2 aromatic rings. The molecule has 1 heterocycles. The third-order valence-electron chi connectivity index (χ3n) is 3.08. The van der Waals surface area contributed by atoms with E-state index in [1.807, 2.05) is 39.1 Å². The lowest BCUT2D eigenvalue weighted by molar-refractivity contribution is 0.452. The van der Waals surface area contributed by atoms with Crippen molar-refractivity contribution in [1.82, 2.24) is 10.3 Å². The summed E-state index contributed by atoms with van der Waals surface area (Å²) in [4.78, 5) is 4.50. The Morgan fingerprint density at radius 3 is 2.65 bits per heavy atom. The van der Waals surface area contributed by atoms with Crippen molar-refractivity contribution in [2.75, 3.05) is 7.05 Å². The first-order chi connectivity index (χ1) is 9.51. The molecule has 3 nitrogen and oxygen atoms in total. The van der Waals surface area contributed by atoms with Gasteiger partial charge in [-0.25, -0.2) is 4.98 Å². The van der Waals surface area contributed by atoms with Gasteiger partial charge in [0.25, 0.3) is 0 Å². The molecule has 0 aliphatic heterocycles. The third kappa shape index (κ3) is 3.30. The fourth-order valence-electron chi connectivity index (χ4n) is 2.10. The number of aromatic nitrogens is 1. The van der Waals surface area contributed by atoms with Gasteiger partial charge in [0.1, 0.15) is 5.75 Å². The van der Waals surface area contributed by atoms with Crippen LogP contribution < -0.4 is 10.1 Å². The van der Waals surface area contributed by atoms with E-state index in [0.717, 1.165) is 22.4 Å². The van der Waals surface area contributed by atoms with E-state index >= 15 is 0 Å². The van der Waals surface area contributed by atoms with Crippen molar-refractivity contribution in [3.05, 3.63) is 51.7 Å². The molecule has 0 aliphatic carbocycles. The van der Waals surface area contributed by atoms with Gasteiger partial charge in [-0.05, 0) is 57.1 Å². The molecule has 2 rings (SSSR count). The zero-order valence-corrected chi connectivity index (χ0v) is 13.0. The predicted molar refractivity (Wildman–Crippen MR) is 82.7 cm³/mol. The SMILES string of the molecule is CNCc1c(C)cc(C)nc1Oc1cc(C)ccc1Cl. The minimum atomic E-state index is 0.590. The van der Waals surface area contributed by atoms with Crippen LogP contribution in [0.2, 0.25) is 5.02 Å². The maximum absolute atomic E-state index is 6.19. The van der Waals surface area contributed by atoms with Crippen molar-refractivity contribution in [3.8, 4) is 11.6 Å². The average Bonchev–Trinajstić information content (AvgIpc) is 2.38. The lowest BCUT2D eigenvalue weighted by Crippen LogP contribution is -2.09. The average molecular weight is 291 g/mol. The molecule has 0 aliphatic rings. The van der Waals surface area contributed by atoms with Gasteiger partial charge >= 0.3 is 0 Å². The molecule has 1 aromatic heterocycles. The molecule has 0 fully saturated rings. The zero-order valence-electron chi connectivity index (χ0n) is 12.2. The zero-order chi connectivity index (χ0) is 14.7. The molecule has 0 amide bonds. The number of ether oxygens (including phenoxy) is 1. The lowest BCUT2D eigenvalue weighted by Gasteiger charge is -2.14. The predicted octanol–water partition coefficient (Wildman–Crippen LogP) is 4.17. The number of nitrogens with zero attached hydrogens (tertiary/aromatic N) is 1. The van der Waals surface area contributed by atoms with Crippen LogP contribution in [0.1, 0.15) is 22.4 Å². The van der Waals surface area contributed by atoms with E-state index in [2.05, 4.69) is 23.3 Å². The van der Waals surface area contributed by atoms with E-state index in [1.54, 1.807) is 0 Å². The molecular weight excluding hydrogens is 272 g/mol. The van der Waals surface area contributed by atoms with Crippen LogP contribution in [0.25, 0.3) is 0 Å². The highest BCUT2D eigenvalue weighted by Crippen LogP contribution is 2.32. The second kappa shape index (κ2) is 6.25. The second-order valence-electron chi connectivity index (χ2n) is 4.93. The Labute approximate surface area is 124 Å². The number of aryl methyl sites for hydroxylation is 3. The summed E-state index contributed by atoms with van der Waals surface area (Å²) >= 11 is 6.19. The molecule has 0 spiro atoms. The van der Waals surface area contributed by atoms with Crippen molar-refractivity contribution in [2.24, 2.45) is 0 Å². The van der Waals surface area contributed by atoms with Gasteiger partial charge < -0.3 is 10.1 Å². The van der Waals surface area contributed by atoms with Gasteiger partial charge in [0.05, 0.1) is 5.02 Å². The summed E-state index contributed by atoms with van der Waals surface area (Å²) in [7, 11) is 1.91. The van der Waals surface area contributed by atoms with Crippen LogP contribution >= 0.6 is 11.6 Å². The van der Waals surface area contributed by atoms with Gasteiger partial charge in [0, 0.05) is 17.8 Å². The molecule has 1 aromatic carbocycles. The first-order valence-corrected chi connectivity index (χ1v) is 6.94. The minimum Gasteiger partial charge on any atom is -0.437 e. The molecule has 4 heteroatoms. The standard InChI is InChI=1S/C16H19ClN2O/c1-10-5-6-14(17)15(7-10)20-16-13(9-18-4)11(2)8-12(3)19-16/h5-8,18H,9H2,1-4H3. The van der Waals surface area contributed by atoms with E-state index in [9.17, 15) is 0 Å². The number of rotatable bonds is 4. The van der Waals surface area contributed by atoms with E-state index < -0.39 is 0 Å². The molecule has 0 atom stereocenters. The minimum absolute atomic E-state index is 0.590. The van der Waals surface area contributed by atoms with Crippen LogP contribution in [0.15, 0.2) is 24.3 Å². The first kappa shape index (κ1) is 14.8. The van der Waals surface area contributed by atoms with Crippen LogP contribution in [0.3, 0.4) is 0 Å². The second-order valence-corrected chi connectivity index (χ2v) is 5.34. The molecule has 0 unspecified atom stereocenters. The molecule has 106 valence electrons. The molecule has 0 saturated heterocycles. The van der Waals surface area contributed by atoms with Crippen molar-refractivity contribution in [2.45, 2.75) is 27.3 Å². The van der Waals surface area contributed by atoms with Gasteiger partial charge in [-0.2, -0.15) is 0 Å². The molecule has 1 N–H and O–H groups in total. The Bertz CT molecular complexity index is 626. The third-order valence-corrected chi connectivity index (χ3v) is 3.40. The normalized spacial score (nSPS) is 10.7. The lowest BCUT2D eigenvalue weighted by atomic mass is 10.1. The highest BCUT2D eigenvalue weighted by atomic mass is 35.5. The Hall–Kier alpha value is -1.58. The number of hydrogen-bond donors (Lipinski definition) is 1. The highest BCUT2D eigenvalue weighted by molar-refractivity contribution is 6.32. The van der Waals surface area contributed by atoms with Crippen LogP contribution in [-0.4, -0.2) is 12.0 Å². The summed E-state index contributed by atoms with van der Waals surface area (Å²) in [5.74, 6) is 1.26. The largest absolute Gasteiger partial charge is 0.437 e. The Morgan fingerprint density at radius 1 is 1.20 bits per heavy atom. The number of hydrogen-bond acceptors (Lipinski definition) is 3. The van der Waals surface area contributed by atoms with Gasteiger partial charge in [-0.3, -0.25) is 0 Å². The van der Waals surface area contributed by atoms with Crippen LogP contribution in [0.5, 0.6) is 11.6 Å². The first-order valence-electron chi connectivity index (χ1n) is 6.57. The van der Waals surface area contributed by atoms with E-state index in [1.165, 1.54) is 0 Å². The topological polar surface area (TPSA) is 34.2 Å². The number of benzene rings is 1. The molecule has 0 bridgehead atoms. The highest BCUT2D eigenvalue weighted by Gasteiger charge is 2.12.